The molecular weight excluding hydrogens is 544 g/mol. The number of carboxylic acids is 1. The van der Waals surface area contributed by atoms with Crippen LogP contribution in [0.1, 0.15) is 46.9 Å². The Balaban J connectivity index is 0.954. The molecule has 0 aromatic heterocycles. The van der Waals surface area contributed by atoms with Gasteiger partial charge >= 0.3 is 18.2 Å². The monoisotopic (exact) mass is 576 g/mol. The van der Waals surface area contributed by atoms with Gasteiger partial charge in [-0.05, 0) is 57.3 Å². The second kappa shape index (κ2) is 12.4. The third kappa shape index (κ3) is 5.81. The van der Waals surface area contributed by atoms with E-state index in [9.17, 15) is 19.5 Å². The minimum atomic E-state index is -1.17. The third-order valence-electron chi connectivity index (χ3n) is 8.22. The molecule has 8 heteroatoms. The normalized spacial score (nSPS) is 13.7. The number of alkyl carbamates (subject to hydrolysis) is 2. The van der Waals surface area contributed by atoms with Crippen molar-refractivity contribution in [3.63, 3.8) is 0 Å². The summed E-state index contributed by atoms with van der Waals surface area (Å²) < 4.78 is 11.0. The number of ether oxygens (including phenoxy) is 2. The van der Waals surface area contributed by atoms with Gasteiger partial charge in [-0.15, -0.1) is 0 Å². The number of carbonyl (C=O) groups is 3. The van der Waals surface area contributed by atoms with Crippen molar-refractivity contribution in [1.29, 1.82) is 0 Å². The minimum absolute atomic E-state index is 0.0454. The Morgan fingerprint density at radius 3 is 1.44 bits per heavy atom. The fourth-order valence-corrected chi connectivity index (χ4v) is 6.19. The van der Waals surface area contributed by atoms with E-state index in [0.717, 1.165) is 44.5 Å². The maximum absolute atomic E-state index is 12.6. The number of carbonyl (C=O) groups excluding carboxylic acids is 2. The summed E-state index contributed by atoms with van der Waals surface area (Å²) in [5, 5.41) is 14.8. The summed E-state index contributed by atoms with van der Waals surface area (Å²) in [5.41, 5.74) is 8.92. The Morgan fingerprint density at radius 2 is 1.02 bits per heavy atom. The molecule has 0 unspecified atom stereocenters. The van der Waals surface area contributed by atoms with E-state index in [1.54, 1.807) is 0 Å². The van der Waals surface area contributed by atoms with Crippen molar-refractivity contribution >= 4 is 18.2 Å². The number of aliphatic carboxylic acids is 1. The molecule has 6 rings (SSSR count). The zero-order valence-electron chi connectivity index (χ0n) is 23.5. The van der Waals surface area contributed by atoms with Crippen LogP contribution >= 0.6 is 0 Å². The largest absolute Gasteiger partial charge is 0.480 e. The molecule has 1 atom stereocenters. The van der Waals surface area contributed by atoms with Crippen LogP contribution in [0.3, 0.4) is 0 Å². The molecule has 218 valence electrons. The summed E-state index contributed by atoms with van der Waals surface area (Å²) in [6, 6.07) is 31.0. The summed E-state index contributed by atoms with van der Waals surface area (Å²) in [5.74, 6) is -1.34. The molecule has 0 saturated heterocycles. The van der Waals surface area contributed by atoms with Crippen LogP contribution in [0.2, 0.25) is 0 Å². The van der Waals surface area contributed by atoms with Gasteiger partial charge < -0.3 is 25.2 Å². The first-order chi connectivity index (χ1) is 21.0. The van der Waals surface area contributed by atoms with Crippen LogP contribution in [0.5, 0.6) is 0 Å². The van der Waals surface area contributed by atoms with Gasteiger partial charge in [-0.25, -0.2) is 14.4 Å². The summed E-state index contributed by atoms with van der Waals surface area (Å²) in [6.45, 7) is 0.489. The number of hydrogen-bond acceptors (Lipinski definition) is 5. The highest BCUT2D eigenvalue weighted by Crippen LogP contribution is 2.45. The molecule has 4 aromatic carbocycles. The molecule has 43 heavy (non-hydrogen) atoms. The van der Waals surface area contributed by atoms with Crippen molar-refractivity contribution in [1.82, 2.24) is 10.6 Å². The zero-order valence-corrected chi connectivity index (χ0v) is 23.5. The first-order valence-corrected chi connectivity index (χ1v) is 14.4. The van der Waals surface area contributed by atoms with E-state index < -0.39 is 24.2 Å². The topological polar surface area (TPSA) is 114 Å². The Morgan fingerprint density at radius 1 is 0.628 bits per heavy atom. The van der Waals surface area contributed by atoms with E-state index >= 15 is 0 Å². The molecule has 8 nitrogen and oxygen atoms in total. The van der Waals surface area contributed by atoms with Gasteiger partial charge in [-0.3, -0.25) is 0 Å². The lowest BCUT2D eigenvalue weighted by Gasteiger charge is -2.18. The number of amides is 2. The molecule has 0 bridgehead atoms. The van der Waals surface area contributed by atoms with Gasteiger partial charge in [0.05, 0.1) is 0 Å². The van der Waals surface area contributed by atoms with Crippen LogP contribution < -0.4 is 10.6 Å². The van der Waals surface area contributed by atoms with Crippen molar-refractivity contribution in [3.05, 3.63) is 119 Å². The van der Waals surface area contributed by atoms with E-state index in [2.05, 4.69) is 34.9 Å². The summed E-state index contributed by atoms with van der Waals surface area (Å²) in [6.07, 6.45) is -0.925. The van der Waals surface area contributed by atoms with Gasteiger partial charge in [-0.2, -0.15) is 0 Å². The minimum Gasteiger partial charge on any atom is -0.480 e. The Bertz CT molecular complexity index is 1580. The molecule has 0 saturated carbocycles. The van der Waals surface area contributed by atoms with Gasteiger partial charge in [0.2, 0.25) is 0 Å². The van der Waals surface area contributed by atoms with Gasteiger partial charge in [0, 0.05) is 18.4 Å². The predicted octanol–water partition coefficient (Wildman–Crippen LogP) is 6.30. The number of benzene rings is 4. The van der Waals surface area contributed by atoms with Crippen molar-refractivity contribution in [3.8, 4) is 22.3 Å². The van der Waals surface area contributed by atoms with Gasteiger partial charge in [0.25, 0.3) is 0 Å². The Hall–Kier alpha value is -5.11. The summed E-state index contributed by atoms with van der Waals surface area (Å²) >= 11 is 0. The van der Waals surface area contributed by atoms with Crippen molar-refractivity contribution in [2.45, 2.75) is 30.7 Å². The molecule has 0 heterocycles. The summed E-state index contributed by atoms with van der Waals surface area (Å²) in [4.78, 5) is 36.8. The molecule has 0 radical (unpaired) electrons. The lowest BCUT2D eigenvalue weighted by Crippen LogP contribution is -2.42. The van der Waals surface area contributed by atoms with Crippen molar-refractivity contribution in [2.24, 2.45) is 0 Å². The van der Waals surface area contributed by atoms with Crippen LogP contribution in [0.25, 0.3) is 22.3 Å². The molecule has 3 N–H and O–H groups in total. The molecular formula is C35H32N2O6. The first-order valence-electron chi connectivity index (χ1n) is 14.4. The van der Waals surface area contributed by atoms with E-state index in [0.29, 0.717) is 6.42 Å². The molecule has 0 aliphatic heterocycles. The zero-order chi connectivity index (χ0) is 29.8. The summed E-state index contributed by atoms with van der Waals surface area (Å²) in [7, 11) is 0. The highest BCUT2D eigenvalue weighted by atomic mass is 16.6. The second-order valence-corrected chi connectivity index (χ2v) is 10.8. The third-order valence-corrected chi connectivity index (χ3v) is 8.22. The lowest BCUT2D eigenvalue weighted by molar-refractivity contribution is -0.139. The molecule has 0 spiro atoms. The van der Waals surface area contributed by atoms with Gasteiger partial charge in [0.1, 0.15) is 19.3 Å². The van der Waals surface area contributed by atoms with Gasteiger partial charge in [0.15, 0.2) is 0 Å². The van der Waals surface area contributed by atoms with E-state index in [1.165, 1.54) is 0 Å². The quantitative estimate of drug-likeness (QED) is 0.191. The number of hydrogen-bond donors (Lipinski definition) is 3. The van der Waals surface area contributed by atoms with Gasteiger partial charge in [-0.1, -0.05) is 97.1 Å². The Kier molecular flexibility index (Phi) is 8.09. The average Bonchev–Trinajstić information content (AvgIpc) is 3.53. The molecule has 4 aromatic rings. The molecule has 0 fully saturated rings. The standard InChI is InChI=1S/C35H32N2O6/c38-33(39)32(37-35(41)43-21-31-28-16-7-3-12-24(28)25-13-4-8-17-29(25)31)18-9-19-36-34(40)42-20-30-26-14-5-1-10-22(26)23-11-2-6-15-27(23)30/h1-8,10-17,30-32H,9,18-21H2,(H,36,40)(H,37,41)(H,38,39)/t32-/m1/s1. The number of nitrogens with one attached hydrogen (secondary N) is 2. The van der Waals surface area contributed by atoms with E-state index in [1.807, 2.05) is 72.8 Å². The van der Waals surface area contributed by atoms with Crippen LogP contribution in [0.15, 0.2) is 97.1 Å². The molecule has 2 amide bonds. The number of fused-ring (bicyclic) bond motifs is 6. The van der Waals surface area contributed by atoms with E-state index in [4.69, 9.17) is 9.47 Å². The number of carboxylic acid groups (broad SMARTS) is 1. The lowest BCUT2D eigenvalue weighted by atomic mass is 9.98. The second-order valence-electron chi connectivity index (χ2n) is 10.8. The fourth-order valence-electron chi connectivity index (χ4n) is 6.19. The average molecular weight is 577 g/mol. The van der Waals surface area contributed by atoms with Crippen LogP contribution in [-0.4, -0.2) is 49.1 Å². The number of rotatable bonds is 10. The molecule has 2 aliphatic rings. The molecule has 2 aliphatic carbocycles. The van der Waals surface area contributed by atoms with E-state index in [-0.39, 0.29) is 38.0 Å². The Labute approximate surface area is 249 Å². The smallest absolute Gasteiger partial charge is 0.407 e. The van der Waals surface area contributed by atoms with Crippen LogP contribution in [0.4, 0.5) is 9.59 Å². The predicted molar refractivity (Wildman–Crippen MR) is 162 cm³/mol. The fraction of sp³-hybridized carbons (Fsp3) is 0.229. The highest BCUT2D eigenvalue weighted by molar-refractivity contribution is 5.81. The van der Waals surface area contributed by atoms with Crippen LogP contribution in [-0.2, 0) is 14.3 Å². The first kappa shape index (κ1) is 28.0. The van der Waals surface area contributed by atoms with Crippen LogP contribution in [0, 0.1) is 0 Å². The van der Waals surface area contributed by atoms with Crippen molar-refractivity contribution < 1.29 is 29.0 Å². The maximum atomic E-state index is 12.6. The maximum Gasteiger partial charge on any atom is 0.407 e. The highest BCUT2D eigenvalue weighted by Gasteiger charge is 2.31. The van der Waals surface area contributed by atoms with Crippen molar-refractivity contribution in [2.75, 3.05) is 19.8 Å². The SMILES string of the molecule is O=C(NCCC[C@@H](NC(=O)OCC1c2ccccc2-c2ccccc21)C(=O)O)OCC1c2ccccc2-c2ccccc21.